The van der Waals surface area contributed by atoms with Crippen LogP contribution in [0.3, 0.4) is 0 Å². The summed E-state index contributed by atoms with van der Waals surface area (Å²) in [6.45, 7) is 17.6. The zero-order valence-electron chi connectivity index (χ0n) is 43.8. The van der Waals surface area contributed by atoms with E-state index in [1.165, 1.54) is 16.7 Å². The van der Waals surface area contributed by atoms with Crippen molar-refractivity contribution in [2.24, 2.45) is 10.8 Å². The van der Waals surface area contributed by atoms with E-state index >= 15 is 0 Å². The largest absolute Gasteiger partial charge is 0.343 e. The van der Waals surface area contributed by atoms with Crippen LogP contribution in [-0.4, -0.2) is 146 Å². The summed E-state index contributed by atoms with van der Waals surface area (Å²) in [4.78, 5) is 85.0. The quantitative estimate of drug-likeness (QED) is 0.0785. The summed E-state index contributed by atoms with van der Waals surface area (Å²) in [7, 11) is 3.41. The topological polar surface area (TPSA) is 164 Å². The van der Waals surface area contributed by atoms with Gasteiger partial charge in [-0.2, -0.15) is 0 Å². The average Bonchev–Trinajstić information content (AvgIpc) is 4.02. The first kappa shape index (κ1) is 55.8. The first-order valence-electron chi connectivity index (χ1n) is 25.4. The van der Waals surface area contributed by atoms with Crippen molar-refractivity contribution in [3.05, 3.63) is 119 Å². The Morgan fingerprint density at radius 2 is 1.10 bits per heavy atom. The van der Waals surface area contributed by atoms with Crippen molar-refractivity contribution in [3.8, 4) is 0 Å². The van der Waals surface area contributed by atoms with E-state index in [4.69, 9.17) is 0 Å². The van der Waals surface area contributed by atoms with Gasteiger partial charge < -0.3 is 40.9 Å². The summed E-state index contributed by atoms with van der Waals surface area (Å²) >= 11 is 0. The van der Waals surface area contributed by atoms with Gasteiger partial charge in [0, 0.05) is 56.9 Å². The Labute approximate surface area is 422 Å². The van der Waals surface area contributed by atoms with Gasteiger partial charge in [-0.15, -0.1) is 0 Å². The maximum atomic E-state index is 14.0. The van der Waals surface area contributed by atoms with E-state index in [2.05, 4.69) is 70.7 Å². The van der Waals surface area contributed by atoms with Crippen LogP contribution in [0.1, 0.15) is 94.3 Å². The average molecular weight is 973 g/mol. The van der Waals surface area contributed by atoms with Crippen molar-refractivity contribution in [3.63, 3.8) is 0 Å². The summed E-state index contributed by atoms with van der Waals surface area (Å²) in [5.41, 5.74) is 3.31. The van der Waals surface area contributed by atoms with E-state index in [0.29, 0.717) is 44.8 Å². The summed E-state index contributed by atoms with van der Waals surface area (Å²) < 4.78 is 0. The second-order valence-corrected chi connectivity index (χ2v) is 21.3. The van der Waals surface area contributed by atoms with E-state index < -0.39 is 22.9 Å². The summed E-state index contributed by atoms with van der Waals surface area (Å²) in [5.74, 6) is -0.580. The Balaban J connectivity index is 0.000000278. The highest BCUT2D eigenvalue weighted by molar-refractivity contribution is 5.99. The van der Waals surface area contributed by atoms with Gasteiger partial charge in [0.15, 0.2) is 0 Å². The second kappa shape index (κ2) is 26.4. The third-order valence-electron chi connectivity index (χ3n) is 13.4. The zero-order chi connectivity index (χ0) is 51.7. The number of rotatable bonds is 20. The molecule has 6 rings (SSSR count). The smallest absolute Gasteiger partial charge is 0.253 e. The highest BCUT2D eigenvalue weighted by atomic mass is 16.2. The fraction of sp³-hybridized carbons (Fsp3) is 0.509. The highest BCUT2D eigenvalue weighted by Gasteiger charge is 2.42. The van der Waals surface area contributed by atoms with Gasteiger partial charge in [0.05, 0.1) is 13.1 Å². The number of nitrogens with zero attached hydrogens (tertiary/aromatic N) is 4. The summed E-state index contributed by atoms with van der Waals surface area (Å²) in [6, 6.07) is 31.0. The molecule has 14 nitrogen and oxygen atoms in total. The van der Waals surface area contributed by atoms with Gasteiger partial charge >= 0.3 is 0 Å². The molecular formula is C57H80N8O6. The molecule has 0 saturated carbocycles. The summed E-state index contributed by atoms with van der Waals surface area (Å²) in [6.07, 6.45) is 5.84. The van der Waals surface area contributed by atoms with Crippen LogP contribution in [0.5, 0.6) is 0 Å². The number of benzene rings is 4. The van der Waals surface area contributed by atoms with Crippen LogP contribution in [0.4, 0.5) is 0 Å². The predicted molar refractivity (Wildman–Crippen MR) is 283 cm³/mol. The first-order valence-corrected chi connectivity index (χ1v) is 25.4. The van der Waals surface area contributed by atoms with Crippen molar-refractivity contribution in [2.45, 2.75) is 111 Å². The molecule has 4 unspecified atom stereocenters. The number of carbonyl (C=O) groups is 6. The molecule has 0 aromatic heterocycles. The lowest BCUT2D eigenvalue weighted by Crippen LogP contribution is -2.58. The fourth-order valence-corrected chi connectivity index (χ4v) is 9.50. The van der Waals surface area contributed by atoms with Crippen molar-refractivity contribution in [1.82, 2.24) is 40.9 Å². The molecule has 6 amide bonds. The lowest BCUT2D eigenvalue weighted by molar-refractivity contribution is -0.140. The molecule has 0 spiro atoms. The molecule has 4 aromatic carbocycles. The van der Waals surface area contributed by atoms with Gasteiger partial charge in [-0.1, -0.05) is 132 Å². The van der Waals surface area contributed by atoms with E-state index in [0.717, 1.165) is 55.7 Å². The third-order valence-corrected chi connectivity index (χ3v) is 13.4. The van der Waals surface area contributed by atoms with Crippen LogP contribution in [0.2, 0.25) is 0 Å². The minimum absolute atomic E-state index is 0.0236. The molecule has 2 aliphatic heterocycles. The molecule has 2 aliphatic rings. The van der Waals surface area contributed by atoms with Gasteiger partial charge in [-0.05, 0) is 104 Å². The standard InChI is InChI=1S/C34H44N4O3.C23H36N4O3/c1-24-13-14-27-21-28(16-15-26(27)20-24)32(40)37(19-17-25-10-7-6-8-11-25)23-29-12-9-18-38(29)33(41)31(34(2,3)4)36-30(39)22-35-5;1-23(2,3)21(25-20(29)15-24-4)22(30)27-13-8-11-19(27)16-26(17-28)14-12-18-9-6-5-7-10-18/h6-8,10-11,13-16,20-21,29,31,35H,9,12,17-19,22-23H2,1-5H3,(H,36,39);5-7,9-10,17,19,21,24H,8,11-16H2,1-4H3,(H,25,29). The Morgan fingerprint density at radius 1 is 0.634 bits per heavy atom. The van der Waals surface area contributed by atoms with E-state index in [1.807, 2.05) is 111 Å². The first-order chi connectivity index (χ1) is 33.8. The Bertz CT molecular complexity index is 2380. The number of likely N-dealkylation sites (N-methyl/N-ethyl adjacent to an activating group) is 2. The Hall–Kier alpha value is -6.12. The van der Waals surface area contributed by atoms with Gasteiger partial charge in [-0.3, -0.25) is 28.8 Å². The van der Waals surface area contributed by atoms with Gasteiger partial charge in [0.25, 0.3) is 5.91 Å². The molecule has 2 saturated heterocycles. The molecule has 4 N–H and O–H groups in total. The molecule has 14 heteroatoms. The molecule has 0 bridgehead atoms. The molecule has 2 heterocycles. The van der Waals surface area contributed by atoms with Gasteiger partial charge in [0.2, 0.25) is 30.0 Å². The maximum Gasteiger partial charge on any atom is 0.253 e. The molecule has 0 radical (unpaired) electrons. The monoisotopic (exact) mass is 973 g/mol. The Morgan fingerprint density at radius 3 is 1.58 bits per heavy atom. The van der Waals surface area contributed by atoms with Gasteiger partial charge in [0.1, 0.15) is 12.1 Å². The van der Waals surface area contributed by atoms with Crippen LogP contribution in [-0.2, 0) is 36.8 Å². The van der Waals surface area contributed by atoms with Crippen molar-refractivity contribution in [1.29, 1.82) is 0 Å². The number of aryl methyl sites for hydroxylation is 1. The number of carbonyl (C=O) groups excluding carboxylic acids is 6. The fourth-order valence-electron chi connectivity index (χ4n) is 9.50. The molecule has 384 valence electrons. The highest BCUT2D eigenvalue weighted by Crippen LogP contribution is 2.29. The molecule has 4 aromatic rings. The Kier molecular flexibility index (Phi) is 20.7. The van der Waals surface area contributed by atoms with Gasteiger partial charge in [-0.25, -0.2) is 0 Å². The summed E-state index contributed by atoms with van der Waals surface area (Å²) in [5, 5.41) is 13.7. The van der Waals surface area contributed by atoms with Crippen LogP contribution in [0, 0.1) is 17.8 Å². The SMILES string of the molecule is CNCC(=O)NC(C(=O)N1CCCC1CN(C=O)CCc1ccccc1)C(C)(C)C.CNCC(=O)NC(C(=O)N1CCCC1CN(CCc1ccccc1)C(=O)c1ccc2cc(C)ccc2c1)C(C)(C)C. The number of likely N-dealkylation sites (tertiary alicyclic amines) is 2. The van der Waals surface area contributed by atoms with Crippen molar-refractivity contribution >= 4 is 46.7 Å². The number of hydrogen-bond acceptors (Lipinski definition) is 8. The lowest BCUT2D eigenvalue weighted by atomic mass is 9.85. The number of amides is 6. The molecule has 0 aliphatic carbocycles. The normalized spacial score (nSPS) is 16.6. The van der Waals surface area contributed by atoms with Crippen LogP contribution in [0.15, 0.2) is 97.1 Å². The van der Waals surface area contributed by atoms with Crippen molar-refractivity contribution in [2.75, 3.05) is 66.5 Å². The van der Waals surface area contributed by atoms with E-state index in [9.17, 15) is 28.8 Å². The second-order valence-electron chi connectivity index (χ2n) is 21.3. The molecule has 4 atom stereocenters. The molecular weight excluding hydrogens is 893 g/mol. The van der Waals surface area contributed by atoms with E-state index in [1.54, 1.807) is 19.0 Å². The van der Waals surface area contributed by atoms with E-state index in [-0.39, 0.29) is 54.7 Å². The number of fused-ring (bicyclic) bond motifs is 1. The maximum absolute atomic E-state index is 14.0. The number of hydrogen-bond donors (Lipinski definition) is 4. The van der Waals surface area contributed by atoms with Crippen LogP contribution >= 0.6 is 0 Å². The third kappa shape index (κ3) is 16.5. The molecule has 2 fully saturated rings. The molecule has 71 heavy (non-hydrogen) atoms. The van der Waals surface area contributed by atoms with Crippen LogP contribution in [0.25, 0.3) is 10.8 Å². The zero-order valence-corrected chi connectivity index (χ0v) is 43.8. The van der Waals surface area contributed by atoms with Crippen molar-refractivity contribution < 1.29 is 28.8 Å². The van der Waals surface area contributed by atoms with Crippen LogP contribution < -0.4 is 21.3 Å². The predicted octanol–water partition coefficient (Wildman–Crippen LogP) is 6.00. The lowest BCUT2D eigenvalue weighted by Gasteiger charge is -2.37. The minimum Gasteiger partial charge on any atom is -0.343 e. The number of nitrogens with one attached hydrogen (secondary N) is 4. The minimum atomic E-state index is -0.652.